The largest absolute Gasteiger partial charge is 0.264 e. The van der Waals surface area contributed by atoms with E-state index in [4.69, 9.17) is 0 Å². The van der Waals surface area contributed by atoms with Gasteiger partial charge < -0.3 is 0 Å². The lowest BCUT2D eigenvalue weighted by molar-refractivity contribution is -0.419. The van der Waals surface area contributed by atoms with Crippen LogP contribution in [0.2, 0.25) is 0 Å². The molecule has 0 aromatic rings. The van der Waals surface area contributed by atoms with Gasteiger partial charge in [0, 0.05) is 6.08 Å². The second kappa shape index (κ2) is 3.83. The first-order valence-corrected chi connectivity index (χ1v) is 2.65. The SMILES string of the molecule is C/C=C(/C=C/C)[N+](=O)[O-]. The Morgan fingerprint density at radius 2 is 2.11 bits per heavy atom. The third-order valence-corrected chi connectivity index (χ3v) is 0.844. The fourth-order valence-electron chi connectivity index (χ4n) is 0.433. The summed E-state index contributed by atoms with van der Waals surface area (Å²) >= 11 is 0. The van der Waals surface area contributed by atoms with E-state index in [2.05, 4.69) is 0 Å². The van der Waals surface area contributed by atoms with Gasteiger partial charge in [0.25, 0.3) is 5.70 Å². The molecule has 0 saturated heterocycles. The van der Waals surface area contributed by atoms with Gasteiger partial charge in [0.2, 0.25) is 0 Å². The highest BCUT2D eigenvalue weighted by molar-refractivity contribution is 5.08. The molecule has 3 nitrogen and oxygen atoms in total. The van der Waals surface area contributed by atoms with Crippen LogP contribution in [0.3, 0.4) is 0 Å². The summed E-state index contributed by atoms with van der Waals surface area (Å²) in [6.07, 6.45) is 4.55. The number of rotatable bonds is 2. The zero-order valence-electron chi connectivity index (χ0n) is 5.50. The molecule has 0 rings (SSSR count). The lowest BCUT2D eigenvalue weighted by Crippen LogP contribution is -1.93. The van der Waals surface area contributed by atoms with E-state index in [0.717, 1.165) is 0 Å². The fraction of sp³-hybridized carbons (Fsp3) is 0.333. The molecule has 0 aromatic heterocycles. The molecule has 0 amide bonds. The van der Waals surface area contributed by atoms with E-state index in [9.17, 15) is 10.1 Å². The van der Waals surface area contributed by atoms with Gasteiger partial charge in [-0.05, 0) is 19.9 Å². The molecule has 0 spiro atoms. The highest BCUT2D eigenvalue weighted by atomic mass is 16.6. The Hall–Kier alpha value is -1.12. The maximum atomic E-state index is 10.0. The van der Waals surface area contributed by atoms with Crippen molar-refractivity contribution in [2.75, 3.05) is 0 Å². The van der Waals surface area contributed by atoms with Crippen LogP contribution in [0.15, 0.2) is 23.9 Å². The third kappa shape index (κ3) is 2.64. The summed E-state index contributed by atoms with van der Waals surface area (Å²) in [5, 5.41) is 10.0. The monoisotopic (exact) mass is 127 g/mol. The van der Waals surface area contributed by atoms with E-state index in [1.54, 1.807) is 19.9 Å². The van der Waals surface area contributed by atoms with Crippen LogP contribution in [0, 0.1) is 10.1 Å². The summed E-state index contributed by atoms with van der Waals surface area (Å²) in [5.41, 5.74) is 0.137. The van der Waals surface area contributed by atoms with Crippen molar-refractivity contribution in [3.8, 4) is 0 Å². The first kappa shape index (κ1) is 7.88. The average molecular weight is 127 g/mol. The Labute approximate surface area is 53.8 Å². The van der Waals surface area contributed by atoms with Crippen LogP contribution in [0.25, 0.3) is 0 Å². The zero-order chi connectivity index (χ0) is 7.28. The molecule has 0 bridgehead atoms. The van der Waals surface area contributed by atoms with E-state index in [0.29, 0.717) is 0 Å². The van der Waals surface area contributed by atoms with Crippen molar-refractivity contribution in [3.63, 3.8) is 0 Å². The molecule has 0 atom stereocenters. The maximum Gasteiger partial charge on any atom is 0.264 e. The fourth-order valence-corrected chi connectivity index (χ4v) is 0.433. The lowest BCUT2D eigenvalue weighted by Gasteiger charge is -1.85. The van der Waals surface area contributed by atoms with Crippen LogP contribution < -0.4 is 0 Å². The Kier molecular flexibility index (Phi) is 3.35. The second-order valence-corrected chi connectivity index (χ2v) is 1.47. The minimum atomic E-state index is -0.417. The first-order chi connectivity index (χ1) is 4.22. The van der Waals surface area contributed by atoms with E-state index >= 15 is 0 Å². The molecular formula is C6H9NO2. The summed E-state index contributed by atoms with van der Waals surface area (Å²) in [6, 6.07) is 0. The van der Waals surface area contributed by atoms with E-state index < -0.39 is 4.92 Å². The normalized spacial score (nSPS) is 12.4. The first-order valence-electron chi connectivity index (χ1n) is 2.65. The molecule has 0 N–H and O–H groups in total. The Morgan fingerprint density at radius 3 is 2.22 bits per heavy atom. The van der Waals surface area contributed by atoms with Crippen LogP contribution >= 0.6 is 0 Å². The van der Waals surface area contributed by atoms with Gasteiger partial charge >= 0.3 is 0 Å². The number of nitrogens with zero attached hydrogens (tertiary/aromatic N) is 1. The number of allylic oxidation sites excluding steroid dienone is 3. The molecule has 3 heteroatoms. The highest BCUT2D eigenvalue weighted by Gasteiger charge is 1.99. The van der Waals surface area contributed by atoms with E-state index in [1.807, 2.05) is 0 Å². The average Bonchev–Trinajstić information content (AvgIpc) is 1.82. The van der Waals surface area contributed by atoms with Crippen molar-refractivity contribution in [3.05, 3.63) is 34.0 Å². The minimum Gasteiger partial charge on any atom is -0.258 e. The Bertz CT molecular complexity index is 158. The summed E-state index contributed by atoms with van der Waals surface area (Å²) < 4.78 is 0. The number of nitro groups is 1. The predicted molar refractivity (Wildman–Crippen MR) is 35.6 cm³/mol. The maximum absolute atomic E-state index is 10.0. The van der Waals surface area contributed by atoms with Gasteiger partial charge in [0.1, 0.15) is 0 Å². The molecule has 0 aliphatic heterocycles. The molecule has 0 aliphatic carbocycles. The Morgan fingerprint density at radius 1 is 1.56 bits per heavy atom. The second-order valence-electron chi connectivity index (χ2n) is 1.47. The standard InChI is InChI=1S/C6H9NO2/c1-3-5-6(4-2)7(8)9/h3-5H,1-2H3/b5-3+,6-4-. The molecule has 50 valence electrons. The van der Waals surface area contributed by atoms with Gasteiger partial charge in [-0.3, -0.25) is 10.1 Å². The van der Waals surface area contributed by atoms with Gasteiger partial charge in [0.05, 0.1) is 4.92 Å². The van der Waals surface area contributed by atoms with Gasteiger partial charge in [-0.1, -0.05) is 6.08 Å². The minimum absolute atomic E-state index is 0.137. The van der Waals surface area contributed by atoms with Crippen LogP contribution in [-0.2, 0) is 0 Å². The van der Waals surface area contributed by atoms with Crippen molar-refractivity contribution in [2.24, 2.45) is 0 Å². The summed E-state index contributed by atoms with van der Waals surface area (Å²) in [5.74, 6) is 0. The molecule has 0 unspecified atom stereocenters. The van der Waals surface area contributed by atoms with Crippen molar-refractivity contribution in [2.45, 2.75) is 13.8 Å². The van der Waals surface area contributed by atoms with Gasteiger partial charge in [-0.25, -0.2) is 0 Å². The quantitative estimate of drug-likeness (QED) is 0.322. The number of hydrogen-bond donors (Lipinski definition) is 0. The smallest absolute Gasteiger partial charge is 0.258 e. The predicted octanol–water partition coefficient (Wildman–Crippen LogP) is 1.74. The molecule has 0 saturated carbocycles. The lowest BCUT2D eigenvalue weighted by atomic mass is 10.4. The Balaban J connectivity index is 4.19. The molecule has 0 aromatic carbocycles. The molecular weight excluding hydrogens is 118 g/mol. The van der Waals surface area contributed by atoms with Crippen LogP contribution in [-0.4, -0.2) is 4.92 Å². The van der Waals surface area contributed by atoms with Crippen molar-refractivity contribution < 1.29 is 4.92 Å². The van der Waals surface area contributed by atoms with Crippen LogP contribution in [0.1, 0.15) is 13.8 Å². The van der Waals surface area contributed by atoms with E-state index in [-0.39, 0.29) is 5.70 Å². The summed E-state index contributed by atoms with van der Waals surface area (Å²) in [7, 11) is 0. The van der Waals surface area contributed by atoms with Crippen molar-refractivity contribution in [1.82, 2.24) is 0 Å². The van der Waals surface area contributed by atoms with E-state index in [1.165, 1.54) is 12.2 Å². The van der Waals surface area contributed by atoms with Gasteiger partial charge in [-0.15, -0.1) is 0 Å². The van der Waals surface area contributed by atoms with Crippen molar-refractivity contribution in [1.29, 1.82) is 0 Å². The summed E-state index contributed by atoms with van der Waals surface area (Å²) in [6.45, 7) is 3.38. The molecule has 0 heterocycles. The molecule has 0 radical (unpaired) electrons. The van der Waals surface area contributed by atoms with Crippen LogP contribution in [0.4, 0.5) is 0 Å². The number of hydrogen-bond acceptors (Lipinski definition) is 2. The zero-order valence-corrected chi connectivity index (χ0v) is 5.50. The van der Waals surface area contributed by atoms with Crippen LogP contribution in [0.5, 0.6) is 0 Å². The highest BCUT2D eigenvalue weighted by Crippen LogP contribution is 1.95. The summed E-state index contributed by atoms with van der Waals surface area (Å²) in [4.78, 5) is 9.59. The molecule has 0 aliphatic rings. The molecule has 0 fully saturated rings. The van der Waals surface area contributed by atoms with Gasteiger partial charge in [-0.2, -0.15) is 0 Å². The third-order valence-electron chi connectivity index (χ3n) is 0.844. The molecule has 9 heavy (non-hydrogen) atoms. The van der Waals surface area contributed by atoms with Gasteiger partial charge in [0.15, 0.2) is 0 Å². The van der Waals surface area contributed by atoms with Crippen molar-refractivity contribution >= 4 is 0 Å². The topological polar surface area (TPSA) is 43.1 Å².